The van der Waals surface area contributed by atoms with E-state index in [0.29, 0.717) is 19.1 Å². The van der Waals surface area contributed by atoms with Crippen LogP contribution in [0.15, 0.2) is 36.4 Å². The maximum Gasteiger partial charge on any atom is 0.325 e. The van der Waals surface area contributed by atoms with Crippen LogP contribution in [0.25, 0.3) is 0 Å². The van der Waals surface area contributed by atoms with E-state index in [1.54, 1.807) is 7.11 Å². The van der Waals surface area contributed by atoms with E-state index in [2.05, 4.69) is 28.4 Å². The van der Waals surface area contributed by atoms with Crippen molar-refractivity contribution in [1.29, 1.82) is 0 Å². The van der Waals surface area contributed by atoms with E-state index >= 15 is 0 Å². The number of aryl methyl sites for hydroxylation is 2. The Morgan fingerprint density at radius 1 is 1.26 bits per heavy atom. The van der Waals surface area contributed by atoms with Gasteiger partial charge in [-0.25, -0.2) is 4.98 Å². The van der Waals surface area contributed by atoms with E-state index in [0.717, 1.165) is 74.3 Å². The Labute approximate surface area is 207 Å². The van der Waals surface area contributed by atoms with Crippen LogP contribution < -0.4 is 5.32 Å². The van der Waals surface area contributed by atoms with Gasteiger partial charge in [-0.2, -0.15) is 0 Å². The topological polar surface area (TPSA) is 83.9 Å². The van der Waals surface area contributed by atoms with Crippen molar-refractivity contribution in [2.75, 3.05) is 38.7 Å². The van der Waals surface area contributed by atoms with Crippen molar-refractivity contribution in [3.63, 3.8) is 0 Å². The smallest absolute Gasteiger partial charge is 0.325 e. The number of ether oxygens (including phenoxy) is 2. The zero-order chi connectivity index (χ0) is 24.2. The number of aromatic nitrogens is 1. The normalized spacial score (nSPS) is 24.5. The Morgan fingerprint density at radius 3 is 2.97 bits per heavy atom. The summed E-state index contributed by atoms with van der Waals surface area (Å²) in [5.41, 5.74) is 4.48. The molecule has 35 heavy (non-hydrogen) atoms. The SMILES string of the molecule is COC1CC1c1ccccc1C(C(=O)O)N1CC[C@@H](OCCCCc2ccc3c(n2)NCCC3)C1. The van der Waals surface area contributed by atoms with Gasteiger partial charge in [0.2, 0.25) is 0 Å². The largest absolute Gasteiger partial charge is 0.480 e. The highest BCUT2D eigenvalue weighted by molar-refractivity contribution is 5.76. The first-order valence-corrected chi connectivity index (χ1v) is 13.1. The summed E-state index contributed by atoms with van der Waals surface area (Å²) < 4.78 is 11.7. The molecule has 1 saturated carbocycles. The summed E-state index contributed by atoms with van der Waals surface area (Å²) in [6, 6.07) is 11.7. The number of methoxy groups -OCH3 is 1. The van der Waals surface area contributed by atoms with Crippen molar-refractivity contribution in [3.8, 4) is 0 Å². The molecule has 5 rings (SSSR count). The fourth-order valence-electron chi connectivity index (χ4n) is 5.63. The van der Waals surface area contributed by atoms with Gasteiger partial charge in [-0.15, -0.1) is 0 Å². The van der Waals surface area contributed by atoms with E-state index < -0.39 is 12.0 Å². The molecule has 2 fully saturated rings. The summed E-state index contributed by atoms with van der Waals surface area (Å²) in [5, 5.41) is 13.5. The number of carbonyl (C=O) groups is 1. The molecule has 1 aromatic heterocycles. The maximum atomic E-state index is 12.3. The fraction of sp³-hybridized carbons (Fsp3) is 0.571. The molecule has 2 N–H and O–H groups in total. The predicted octanol–water partition coefficient (Wildman–Crippen LogP) is 4.18. The number of nitrogens with one attached hydrogen (secondary N) is 1. The lowest BCUT2D eigenvalue weighted by Gasteiger charge is -2.26. The molecule has 4 atom stereocenters. The summed E-state index contributed by atoms with van der Waals surface area (Å²) in [4.78, 5) is 19.2. The highest BCUT2D eigenvalue weighted by Gasteiger charge is 2.43. The average molecular weight is 480 g/mol. The number of aliphatic carboxylic acids is 1. The Kier molecular flexibility index (Phi) is 7.66. The molecule has 0 bridgehead atoms. The molecule has 1 aromatic carbocycles. The number of benzene rings is 1. The van der Waals surface area contributed by atoms with Crippen LogP contribution in [0, 0.1) is 0 Å². The predicted molar refractivity (Wildman–Crippen MR) is 135 cm³/mol. The highest BCUT2D eigenvalue weighted by atomic mass is 16.5. The van der Waals surface area contributed by atoms with Crippen molar-refractivity contribution in [2.45, 2.75) is 69.1 Å². The van der Waals surface area contributed by atoms with E-state index in [1.807, 2.05) is 18.2 Å². The van der Waals surface area contributed by atoms with Crippen molar-refractivity contribution in [3.05, 3.63) is 58.8 Å². The molecule has 7 nitrogen and oxygen atoms in total. The van der Waals surface area contributed by atoms with Crippen molar-refractivity contribution < 1.29 is 19.4 Å². The van der Waals surface area contributed by atoms with Crippen LogP contribution in [0.4, 0.5) is 5.82 Å². The van der Waals surface area contributed by atoms with Gasteiger partial charge in [0.05, 0.1) is 12.2 Å². The van der Waals surface area contributed by atoms with Crippen LogP contribution in [0.2, 0.25) is 0 Å². The van der Waals surface area contributed by atoms with Gasteiger partial charge in [0.1, 0.15) is 11.9 Å². The number of unbranched alkanes of at least 4 members (excludes halogenated alkanes) is 1. The summed E-state index contributed by atoms with van der Waals surface area (Å²) in [6.45, 7) is 3.11. The maximum absolute atomic E-state index is 12.3. The molecular formula is C28H37N3O4. The molecule has 1 aliphatic carbocycles. The summed E-state index contributed by atoms with van der Waals surface area (Å²) in [5.74, 6) is 0.567. The minimum Gasteiger partial charge on any atom is -0.480 e. The average Bonchev–Trinajstić information content (AvgIpc) is 3.53. The zero-order valence-corrected chi connectivity index (χ0v) is 20.6. The van der Waals surface area contributed by atoms with E-state index in [1.165, 1.54) is 12.0 Å². The number of carboxylic acid groups (broad SMARTS) is 1. The Hall–Kier alpha value is -2.48. The van der Waals surface area contributed by atoms with Crippen molar-refractivity contribution in [2.24, 2.45) is 0 Å². The number of likely N-dealkylation sites (tertiary alicyclic amines) is 1. The molecule has 3 unspecified atom stereocenters. The third kappa shape index (κ3) is 5.68. The van der Waals surface area contributed by atoms with Gasteiger partial charge in [0.25, 0.3) is 0 Å². The minimum atomic E-state index is -0.792. The minimum absolute atomic E-state index is 0.0859. The molecule has 3 aliphatic rings. The third-order valence-corrected chi connectivity index (χ3v) is 7.63. The third-order valence-electron chi connectivity index (χ3n) is 7.63. The van der Waals surface area contributed by atoms with Crippen LogP contribution in [-0.4, -0.2) is 66.5 Å². The lowest BCUT2D eigenvalue weighted by molar-refractivity contribution is -0.143. The molecule has 0 amide bonds. The molecule has 2 aromatic rings. The second-order valence-electron chi connectivity index (χ2n) is 10.1. The van der Waals surface area contributed by atoms with Crippen molar-refractivity contribution >= 4 is 11.8 Å². The van der Waals surface area contributed by atoms with Crippen LogP contribution in [0.3, 0.4) is 0 Å². The lowest BCUT2D eigenvalue weighted by atomic mass is 9.96. The van der Waals surface area contributed by atoms with Gasteiger partial charge in [-0.1, -0.05) is 30.3 Å². The van der Waals surface area contributed by atoms with E-state index in [4.69, 9.17) is 14.5 Å². The number of anilines is 1. The van der Waals surface area contributed by atoms with Gasteiger partial charge in [-0.3, -0.25) is 9.69 Å². The molecular weight excluding hydrogens is 442 g/mol. The van der Waals surface area contributed by atoms with E-state index in [9.17, 15) is 9.90 Å². The van der Waals surface area contributed by atoms with Gasteiger partial charge < -0.3 is 19.9 Å². The molecule has 0 radical (unpaired) electrons. The van der Waals surface area contributed by atoms with Gasteiger partial charge in [0, 0.05) is 45.0 Å². The number of fused-ring (bicyclic) bond motifs is 1. The van der Waals surface area contributed by atoms with Crippen LogP contribution in [-0.2, 0) is 27.1 Å². The number of hydrogen-bond donors (Lipinski definition) is 2. The Bertz CT molecular complexity index is 1030. The summed E-state index contributed by atoms with van der Waals surface area (Å²) in [7, 11) is 1.73. The van der Waals surface area contributed by atoms with Crippen molar-refractivity contribution in [1.82, 2.24) is 9.88 Å². The van der Waals surface area contributed by atoms with E-state index in [-0.39, 0.29) is 12.2 Å². The number of carboxylic acids is 1. The highest BCUT2D eigenvalue weighted by Crippen LogP contribution is 2.46. The van der Waals surface area contributed by atoms with Crippen LogP contribution in [0.1, 0.15) is 66.4 Å². The summed E-state index contributed by atoms with van der Waals surface area (Å²) in [6.07, 6.45) is 7.39. The molecule has 3 heterocycles. The Balaban J connectivity index is 1.10. The second-order valence-corrected chi connectivity index (χ2v) is 10.1. The fourth-order valence-corrected chi connectivity index (χ4v) is 5.63. The lowest BCUT2D eigenvalue weighted by Crippen LogP contribution is -2.34. The number of rotatable bonds is 11. The standard InChI is InChI=1S/C28H37N3O4/c1-34-25-17-24(25)22-9-2-3-10-23(22)26(28(32)33)31-15-13-21(18-31)35-16-5-4-8-20-12-11-19-7-6-14-29-27(19)30-20/h2-3,9-12,21,24-26H,4-8,13-18H2,1H3,(H,29,30)(H,32,33)/t21-,24?,25?,26?/m1/s1. The monoisotopic (exact) mass is 479 g/mol. The quantitative estimate of drug-likeness (QED) is 0.468. The van der Waals surface area contributed by atoms with Gasteiger partial charge in [0.15, 0.2) is 0 Å². The van der Waals surface area contributed by atoms with Crippen LogP contribution in [0.5, 0.6) is 0 Å². The second kappa shape index (κ2) is 11.1. The first kappa shape index (κ1) is 24.2. The molecule has 2 aliphatic heterocycles. The molecule has 0 spiro atoms. The zero-order valence-electron chi connectivity index (χ0n) is 20.6. The molecule has 1 saturated heterocycles. The molecule has 188 valence electrons. The summed E-state index contributed by atoms with van der Waals surface area (Å²) >= 11 is 0. The molecule has 7 heteroatoms. The Morgan fingerprint density at radius 2 is 2.14 bits per heavy atom. The number of pyridine rings is 1. The van der Waals surface area contributed by atoms with Gasteiger partial charge in [-0.05, 0) is 67.7 Å². The number of hydrogen-bond acceptors (Lipinski definition) is 6. The van der Waals surface area contributed by atoms with Crippen LogP contribution >= 0.6 is 0 Å². The van der Waals surface area contributed by atoms with Gasteiger partial charge >= 0.3 is 5.97 Å². The first-order valence-electron chi connectivity index (χ1n) is 13.1. The number of nitrogens with zero attached hydrogens (tertiary/aromatic N) is 2. The first-order chi connectivity index (χ1) is 17.1.